The molecule has 11 heteroatoms. The average Bonchev–Trinajstić information content (AvgIpc) is 3.53. The second kappa shape index (κ2) is 13.3. The lowest BCUT2D eigenvalue weighted by Gasteiger charge is -2.35. The first-order valence-corrected chi connectivity index (χ1v) is 14.1. The number of urea groups is 1. The molecule has 0 aromatic heterocycles. The molecule has 0 unspecified atom stereocenters. The average molecular weight is 547 g/mol. The number of hydrogen-bond donors (Lipinski definition) is 2. The van der Waals surface area contributed by atoms with E-state index in [1.165, 1.54) is 0 Å². The highest BCUT2D eigenvalue weighted by Crippen LogP contribution is 2.42. The molecule has 3 amide bonds. The van der Waals surface area contributed by atoms with Gasteiger partial charge in [-0.1, -0.05) is 19.4 Å². The van der Waals surface area contributed by atoms with Gasteiger partial charge in [-0.25, -0.2) is 4.79 Å². The van der Waals surface area contributed by atoms with Crippen molar-refractivity contribution >= 4 is 17.9 Å². The van der Waals surface area contributed by atoms with Crippen LogP contribution in [-0.4, -0.2) is 120 Å². The molecule has 3 atom stereocenters. The number of carboxylic acids is 1. The Balaban J connectivity index is 1.58. The largest absolute Gasteiger partial charge is 0.481 e. The predicted octanol–water partition coefficient (Wildman–Crippen LogP) is 2.04. The Morgan fingerprint density at radius 3 is 2.64 bits per heavy atom. The van der Waals surface area contributed by atoms with E-state index in [1.54, 1.807) is 21.7 Å². The highest BCUT2D eigenvalue weighted by molar-refractivity contribution is 5.79. The molecular formula is C28H42N4O7. The number of ether oxygens (including phenoxy) is 2. The van der Waals surface area contributed by atoms with Gasteiger partial charge in [0.05, 0.1) is 12.5 Å². The first kappa shape index (κ1) is 28.9. The lowest BCUT2D eigenvalue weighted by Crippen LogP contribution is -2.50. The molecule has 11 nitrogen and oxygen atoms in total. The van der Waals surface area contributed by atoms with Crippen LogP contribution in [0.5, 0.6) is 11.5 Å². The minimum absolute atomic E-state index is 0.00777. The number of hydrogen-bond acceptors (Lipinski definition) is 7. The number of carboxylic acid groups (broad SMARTS) is 1. The van der Waals surface area contributed by atoms with Crippen molar-refractivity contribution in [1.82, 2.24) is 19.6 Å². The van der Waals surface area contributed by atoms with Gasteiger partial charge in [0.1, 0.15) is 0 Å². The van der Waals surface area contributed by atoms with Gasteiger partial charge in [0, 0.05) is 64.9 Å². The molecule has 2 fully saturated rings. The second-order valence-electron chi connectivity index (χ2n) is 10.7. The number of nitrogens with zero attached hydrogens (tertiary/aromatic N) is 4. The minimum atomic E-state index is -0.914. The van der Waals surface area contributed by atoms with Crippen LogP contribution in [-0.2, 0) is 9.59 Å². The number of likely N-dealkylation sites (tertiary alicyclic amines) is 1. The predicted molar refractivity (Wildman–Crippen MR) is 144 cm³/mol. The summed E-state index contributed by atoms with van der Waals surface area (Å²) in [6.45, 7) is 5.57. The first-order chi connectivity index (χ1) is 18.8. The third kappa shape index (κ3) is 6.75. The maximum absolute atomic E-state index is 13.5. The van der Waals surface area contributed by atoms with Crippen LogP contribution in [0.3, 0.4) is 0 Å². The van der Waals surface area contributed by atoms with Crippen LogP contribution >= 0.6 is 0 Å². The molecule has 0 spiro atoms. The lowest BCUT2D eigenvalue weighted by atomic mass is 9.84. The zero-order valence-corrected chi connectivity index (χ0v) is 23.1. The van der Waals surface area contributed by atoms with Crippen molar-refractivity contribution in [2.45, 2.75) is 51.0 Å². The van der Waals surface area contributed by atoms with Crippen molar-refractivity contribution in [2.24, 2.45) is 5.92 Å². The van der Waals surface area contributed by atoms with Crippen LogP contribution < -0.4 is 9.47 Å². The Morgan fingerprint density at radius 2 is 1.90 bits per heavy atom. The number of aliphatic hydroxyl groups excluding tert-OH is 1. The summed E-state index contributed by atoms with van der Waals surface area (Å²) in [6, 6.07) is 5.07. The third-order valence-corrected chi connectivity index (χ3v) is 8.13. The van der Waals surface area contributed by atoms with Crippen molar-refractivity contribution < 1.29 is 34.1 Å². The summed E-state index contributed by atoms with van der Waals surface area (Å²) in [5, 5.41) is 19.8. The zero-order chi connectivity index (χ0) is 27.9. The molecular weight excluding hydrogens is 504 g/mol. The van der Waals surface area contributed by atoms with Gasteiger partial charge in [-0.3, -0.25) is 14.5 Å². The minimum Gasteiger partial charge on any atom is -0.481 e. The van der Waals surface area contributed by atoms with Crippen LogP contribution in [0, 0.1) is 5.92 Å². The summed E-state index contributed by atoms with van der Waals surface area (Å²) in [4.78, 5) is 46.2. The summed E-state index contributed by atoms with van der Waals surface area (Å²) in [5.74, 6) is -0.850. The van der Waals surface area contributed by atoms with E-state index in [-0.39, 0.29) is 37.8 Å². The quantitative estimate of drug-likeness (QED) is 0.385. The lowest BCUT2D eigenvalue weighted by molar-refractivity contribution is -0.144. The van der Waals surface area contributed by atoms with E-state index < -0.39 is 17.9 Å². The number of carbonyl (C=O) groups is 3. The fourth-order valence-corrected chi connectivity index (χ4v) is 6.01. The first-order valence-electron chi connectivity index (χ1n) is 14.1. The molecule has 1 aromatic rings. The van der Waals surface area contributed by atoms with E-state index in [1.807, 2.05) is 23.1 Å². The van der Waals surface area contributed by atoms with E-state index in [0.29, 0.717) is 63.6 Å². The van der Waals surface area contributed by atoms with Gasteiger partial charge in [-0.15, -0.1) is 0 Å². The van der Waals surface area contributed by atoms with Gasteiger partial charge in [0.2, 0.25) is 12.7 Å². The molecule has 3 heterocycles. The summed E-state index contributed by atoms with van der Waals surface area (Å²) >= 11 is 0. The normalized spacial score (nSPS) is 22.9. The summed E-state index contributed by atoms with van der Waals surface area (Å²) in [7, 11) is 1.78. The summed E-state index contributed by atoms with van der Waals surface area (Å²) in [5.41, 5.74) is 0.837. The smallest absolute Gasteiger partial charge is 0.319 e. The molecule has 3 aliphatic heterocycles. The maximum atomic E-state index is 13.5. The van der Waals surface area contributed by atoms with Crippen LogP contribution in [0.4, 0.5) is 4.79 Å². The van der Waals surface area contributed by atoms with Gasteiger partial charge < -0.3 is 34.4 Å². The molecule has 0 radical (unpaired) electrons. The second-order valence-corrected chi connectivity index (χ2v) is 10.7. The molecule has 0 saturated carbocycles. The standard InChI is InChI=1S/C28H42N4O7/c1-3-4-11-30(13-6-15-33)25(34)18-32-17-21(20-7-8-23-24(16-20)39-19-38-23)26(27(35)36)22(32)9-14-31-12-5-10-29(2)28(31)37/h7-8,16,21-22,26,33H,3-6,9-15,17-19H2,1-2H3,(H,35,36)/t21-,22+,26-/m1/s1. The van der Waals surface area contributed by atoms with Crippen LogP contribution in [0.15, 0.2) is 18.2 Å². The molecule has 0 aliphatic carbocycles. The number of rotatable bonds is 13. The number of benzene rings is 1. The fraction of sp³-hybridized carbons (Fsp3) is 0.679. The zero-order valence-electron chi connectivity index (χ0n) is 23.1. The molecule has 4 rings (SSSR count). The van der Waals surface area contributed by atoms with E-state index in [9.17, 15) is 24.6 Å². The third-order valence-electron chi connectivity index (χ3n) is 8.13. The number of fused-ring (bicyclic) bond motifs is 1. The Labute approximate surface area is 230 Å². The fourth-order valence-electron chi connectivity index (χ4n) is 6.01. The molecule has 216 valence electrons. The Bertz CT molecular complexity index is 1010. The molecule has 3 aliphatic rings. The van der Waals surface area contributed by atoms with Crippen LogP contribution in [0.2, 0.25) is 0 Å². The Kier molecular flexibility index (Phi) is 9.90. The Hall–Kier alpha value is -3.05. The number of aliphatic hydroxyl groups is 1. The maximum Gasteiger partial charge on any atom is 0.319 e. The molecule has 39 heavy (non-hydrogen) atoms. The molecule has 2 N–H and O–H groups in total. The van der Waals surface area contributed by atoms with Crippen LogP contribution in [0.25, 0.3) is 0 Å². The molecule has 2 saturated heterocycles. The Morgan fingerprint density at radius 1 is 1.13 bits per heavy atom. The number of amides is 3. The van der Waals surface area contributed by atoms with Crippen molar-refractivity contribution in [3.8, 4) is 11.5 Å². The van der Waals surface area contributed by atoms with E-state index in [4.69, 9.17) is 9.47 Å². The van der Waals surface area contributed by atoms with E-state index in [2.05, 4.69) is 6.92 Å². The van der Waals surface area contributed by atoms with Crippen LogP contribution in [0.1, 0.15) is 50.5 Å². The van der Waals surface area contributed by atoms with E-state index in [0.717, 1.165) is 24.8 Å². The van der Waals surface area contributed by atoms with Gasteiger partial charge in [-0.2, -0.15) is 0 Å². The highest BCUT2D eigenvalue weighted by Gasteiger charge is 2.47. The van der Waals surface area contributed by atoms with Crippen molar-refractivity contribution in [3.63, 3.8) is 0 Å². The summed E-state index contributed by atoms with van der Waals surface area (Å²) in [6.07, 6.45) is 3.63. The number of aliphatic carboxylic acids is 1. The SMILES string of the molecule is CCCCN(CCCO)C(=O)CN1C[C@H](c2ccc3c(c2)OCO3)[C@@H](C(=O)O)[C@@H]1CCN1CCCN(C)C1=O. The van der Waals surface area contributed by atoms with Gasteiger partial charge in [-0.05, 0) is 43.4 Å². The molecule has 0 bridgehead atoms. The van der Waals surface area contributed by atoms with Gasteiger partial charge in [0.25, 0.3) is 0 Å². The van der Waals surface area contributed by atoms with Crippen molar-refractivity contribution in [1.29, 1.82) is 0 Å². The van der Waals surface area contributed by atoms with E-state index >= 15 is 0 Å². The number of unbranched alkanes of at least 4 members (excludes halogenated alkanes) is 1. The monoisotopic (exact) mass is 546 g/mol. The number of carbonyl (C=O) groups excluding carboxylic acids is 2. The molecule has 1 aromatic carbocycles. The van der Waals surface area contributed by atoms with Gasteiger partial charge >= 0.3 is 12.0 Å². The summed E-state index contributed by atoms with van der Waals surface area (Å²) < 4.78 is 11.0. The topological polar surface area (TPSA) is 123 Å². The van der Waals surface area contributed by atoms with Crippen molar-refractivity contribution in [3.05, 3.63) is 23.8 Å². The highest BCUT2D eigenvalue weighted by atomic mass is 16.7. The van der Waals surface area contributed by atoms with Gasteiger partial charge in [0.15, 0.2) is 11.5 Å². The van der Waals surface area contributed by atoms with Crippen molar-refractivity contribution in [2.75, 3.05) is 66.3 Å².